The zero-order chi connectivity index (χ0) is 23.3. The van der Waals surface area contributed by atoms with E-state index in [0.717, 1.165) is 23.3 Å². The first-order valence-electron chi connectivity index (χ1n) is 11.6. The molecule has 0 saturated carbocycles. The summed E-state index contributed by atoms with van der Waals surface area (Å²) in [6, 6.07) is 26.0. The van der Waals surface area contributed by atoms with Crippen LogP contribution in [0.5, 0.6) is 5.75 Å². The minimum Gasteiger partial charge on any atom is -0.494 e. The van der Waals surface area contributed by atoms with Crippen LogP contribution in [0.25, 0.3) is 0 Å². The maximum absolute atomic E-state index is 13.0. The molecule has 2 N–H and O–H groups in total. The number of nitrogens with one attached hydrogen (secondary N) is 2. The first-order chi connectivity index (χ1) is 16.2. The van der Waals surface area contributed by atoms with Crippen LogP contribution in [0.4, 0.5) is 0 Å². The normalized spacial score (nSPS) is 10.6. The summed E-state index contributed by atoms with van der Waals surface area (Å²) < 4.78 is 5.75. The maximum Gasteiger partial charge on any atom is 0.269 e. The van der Waals surface area contributed by atoms with E-state index in [1.807, 2.05) is 60.7 Å². The fourth-order valence-electron chi connectivity index (χ4n) is 3.65. The van der Waals surface area contributed by atoms with Crippen molar-refractivity contribution in [2.45, 2.75) is 44.9 Å². The average molecular weight is 445 g/mol. The lowest BCUT2D eigenvalue weighted by molar-refractivity contribution is -0.122. The molecule has 172 valence electrons. The van der Waals surface area contributed by atoms with Gasteiger partial charge in [0.1, 0.15) is 5.75 Å². The molecule has 0 aliphatic heterocycles. The Balaban J connectivity index is 1.54. The van der Waals surface area contributed by atoms with Crippen molar-refractivity contribution in [3.05, 3.63) is 102 Å². The van der Waals surface area contributed by atoms with E-state index in [1.165, 1.54) is 25.7 Å². The molecule has 5 nitrogen and oxygen atoms in total. The van der Waals surface area contributed by atoms with Gasteiger partial charge in [0.25, 0.3) is 5.91 Å². The molecule has 0 fully saturated rings. The zero-order valence-electron chi connectivity index (χ0n) is 19.1. The number of carbonyl (C=O) groups excluding carboxylic acids is 2. The lowest BCUT2D eigenvalue weighted by Crippen LogP contribution is -2.44. The molecule has 0 saturated heterocycles. The van der Waals surface area contributed by atoms with Crippen LogP contribution in [-0.2, 0) is 4.79 Å². The Labute approximate surface area is 196 Å². The van der Waals surface area contributed by atoms with E-state index in [0.29, 0.717) is 12.2 Å². The van der Waals surface area contributed by atoms with E-state index in [-0.39, 0.29) is 11.8 Å². The third-order valence-electron chi connectivity index (χ3n) is 5.46. The molecule has 3 aromatic carbocycles. The van der Waals surface area contributed by atoms with Crippen LogP contribution < -0.4 is 15.6 Å². The molecule has 0 heterocycles. The van der Waals surface area contributed by atoms with Crippen molar-refractivity contribution in [3.63, 3.8) is 0 Å². The minimum absolute atomic E-state index is 0.302. The summed E-state index contributed by atoms with van der Waals surface area (Å²) in [7, 11) is 0. The van der Waals surface area contributed by atoms with E-state index in [1.54, 1.807) is 24.3 Å². The van der Waals surface area contributed by atoms with E-state index in [4.69, 9.17) is 4.74 Å². The van der Waals surface area contributed by atoms with E-state index < -0.39 is 5.92 Å². The number of hydrazine groups is 1. The van der Waals surface area contributed by atoms with Gasteiger partial charge in [-0.05, 0) is 41.8 Å². The van der Waals surface area contributed by atoms with Crippen LogP contribution in [0.3, 0.4) is 0 Å². The van der Waals surface area contributed by atoms with Crippen molar-refractivity contribution < 1.29 is 14.3 Å². The Morgan fingerprint density at radius 3 is 1.88 bits per heavy atom. The summed E-state index contributed by atoms with van der Waals surface area (Å²) >= 11 is 0. The number of amides is 2. The predicted molar refractivity (Wildman–Crippen MR) is 131 cm³/mol. The number of rotatable bonds is 11. The molecule has 3 aromatic rings. The maximum atomic E-state index is 13.0. The van der Waals surface area contributed by atoms with Gasteiger partial charge in [0.2, 0.25) is 5.91 Å². The van der Waals surface area contributed by atoms with Crippen LogP contribution in [0.2, 0.25) is 0 Å². The van der Waals surface area contributed by atoms with Gasteiger partial charge < -0.3 is 4.74 Å². The topological polar surface area (TPSA) is 67.4 Å². The summed E-state index contributed by atoms with van der Waals surface area (Å²) in [5, 5.41) is 0. The molecule has 0 radical (unpaired) electrons. The van der Waals surface area contributed by atoms with Gasteiger partial charge in [-0.2, -0.15) is 0 Å². The lowest BCUT2D eigenvalue weighted by Gasteiger charge is -2.18. The number of benzene rings is 3. The Hall–Kier alpha value is -3.60. The fourth-order valence-corrected chi connectivity index (χ4v) is 3.65. The van der Waals surface area contributed by atoms with Crippen molar-refractivity contribution in [1.29, 1.82) is 0 Å². The van der Waals surface area contributed by atoms with E-state index >= 15 is 0 Å². The Morgan fingerprint density at radius 1 is 0.727 bits per heavy atom. The molecule has 3 rings (SSSR count). The Bertz CT molecular complexity index is 949. The SMILES string of the molecule is CCCCCCCOc1ccc(C(=O)NNC(=O)C(c2ccccc2)c2ccccc2)cc1. The zero-order valence-corrected chi connectivity index (χ0v) is 19.1. The lowest BCUT2D eigenvalue weighted by atomic mass is 9.91. The molecule has 0 aromatic heterocycles. The third-order valence-corrected chi connectivity index (χ3v) is 5.46. The largest absolute Gasteiger partial charge is 0.494 e. The van der Waals surface area contributed by atoms with E-state index in [9.17, 15) is 9.59 Å². The number of ether oxygens (including phenoxy) is 1. The van der Waals surface area contributed by atoms with Crippen molar-refractivity contribution in [1.82, 2.24) is 10.9 Å². The molecule has 2 amide bonds. The molecule has 0 unspecified atom stereocenters. The monoisotopic (exact) mass is 444 g/mol. The van der Waals surface area contributed by atoms with Crippen molar-refractivity contribution >= 4 is 11.8 Å². The summed E-state index contributed by atoms with van der Waals surface area (Å²) in [5.41, 5.74) is 7.26. The van der Waals surface area contributed by atoms with Crippen molar-refractivity contribution in [2.24, 2.45) is 0 Å². The van der Waals surface area contributed by atoms with Crippen molar-refractivity contribution in [3.8, 4) is 5.75 Å². The number of carbonyl (C=O) groups is 2. The number of hydrogen-bond acceptors (Lipinski definition) is 3. The summed E-state index contributed by atoms with van der Waals surface area (Å²) in [5.74, 6) is -0.474. The molecular weight excluding hydrogens is 412 g/mol. The predicted octanol–water partition coefficient (Wildman–Crippen LogP) is 5.63. The Kier molecular flexibility index (Phi) is 9.52. The van der Waals surface area contributed by atoms with Crippen LogP contribution in [0.15, 0.2) is 84.9 Å². The van der Waals surface area contributed by atoms with E-state index in [2.05, 4.69) is 17.8 Å². The van der Waals surface area contributed by atoms with Gasteiger partial charge >= 0.3 is 0 Å². The highest BCUT2D eigenvalue weighted by molar-refractivity contribution is 5.96. The van der Waals surface area contributed by atoms with Crippen LogP contribution >= 0.6 is 0 Å². The van der Waals surface area contributed by atoms with Crippen LogP contribution in [0.1, 0.15) is 66.4 Å². The van der Waals surface area contributed by atoms with Gasteiger partial charge in [0.05, 0.1) is 12.5 Å². The van der Waals surface area contributed by atoms with Crippen LogP contribution in [-0.4, -0.2) is 18.4 Å². The fraction of sp³-hybridized carbons (Fsp3) is 0.286. The summed E-state index contributed by atoms with van der Waals surface area (Å²) in [6.45, 7) is 2.87. The smallest absolute Gasteiger partial charge is 0.269 e. The number of hydrogen-bond donors (Lipinski definition) is 2. The third kappa shape index (κ3) is 7.49. The molecule has 0 atom stereocenters. The van der Waals surface area contributed by atoms with Gasteiger partial charge in [0, 0.05) is 5.56 Å². The number of unbranched alkanes of at least 4 members (excludes halogenated alkanes) is 4. The highest BCUT2D eigenvalue weighted by atomic mass is 16.5. The summed E-state index contributed by atoms with van der Waals surface area (Å²) in [6.07, 6.45) is 5.92. The van der Waals surface area contributed by atoms with Crippen molar-refractivity contribution in [2.75, 3.05) is 6.61 Å². The minimum atomic E-state index is -0.527. The van der Waals surface area contributed by atoms with Gasteiger partial charge in [-0.25, -0.2) is 0 Å². The molecule has 5 heteroatoms. The summed E-state index contributed by atoms with van der Waals surface area (Å²) in [4.78, 5) is 25.6. The quantitative estimate of drug-likeness (QED) is 0.298. The molecule has 0 aliphatic carbocycles. The van der Waals surface area contributed by atoms with Gasteiger partial charge in [-0.1, -0.05) is 93.3 Å². The standard InChI is InChI=1S/C28H32N2O3/c1-2-3-4-5-12-21-33-25-19-17-24(18-20-25)27(31)29-30-28(32)26(22-13-8-6-9-14-22)23-15-10-7-11-16-23/h6-11,13-20,26H,2-5,12,21H2,1H3,(H,29,31)(H,30,32). The van der Waals surface area contributed by atoms with Gasteiger partial charge in [-0.15, -0.1) is 0 Å². The molecule has 0 spiro atoms. The second-order valence-electron chi connectivity index (χ2n) is 7.98. The second kappa shape index (κ2) is 13.1. The molecule has 0 aliphatic rings. The first-order valence-corrected chi connectivity index (χ1v) is 11.6. The molecule has 0 bridgehead atoms. The van der Waals surface area contributed by atoms with Gasteiger partial charge in [0.15, 0.2) is 0 Å². The van der Waals surface area contributed by atoms with Gasteiger partial charge in [-0.3, -0.25) is 20.4 Å². The average Bonchev–Trinajstić information content (AvgIpc) is 2.86. The first kappa shape index (κ1) is 24.1. The van der Waals surface area contributed by atoms with Crippen LogP contribution in [0, 0.1) is 0 Å². The highest BCUT2D eigenvalue weighted by Crippen LogP contribution is 2.24. The second-order valence-corrected chi connectivity index (χ2v) is 7.98. The molecule has 33 heavy (non-hydrogen) atoms. The highest BCUT2D eigenvalue weighted by Gasteiger charge is 2.23. The Morgan fingerprint density at radius 2 is 1.30 bits per heavy atom. The molecular formula is C28H32N2O3.